The third-order valence-corrected chi connectivity index (χ3v) is 2.28. The molecule has 0 aliphatic carbocycles. The fraction of sp³-hybridized carbons (Fsp3) is 0.417. The number of hydrogen-bond acceptors (Lipinski definition) is 4. The number of ether oxygens (including phenoxy) is 3. The van der Waals surface area contributed by atoms with Crippen molar-refractivity contribution in [1.82, 2.24) is 0 Å². The van der Waals surface area contributed by atoms with E-state index in [1.807, 2.05) is 6.92 Å². The Kier molecular flexibility index (Phi) is 4.63. The van der Waals surface area contributed by atoms with Crippen molar-refractivity contribution in [3.63, 3.8) is 0 Å². The normalized spacial score (nSPS) is 11.2. The van der Waals surface area contributed by atoms with Gasteiger partial charge < -0.3 is 19.9 Å². The van der Waals surface area contributed by atoms with E-state index in [2.05, 4.69) is 4.99 Å². The fourth-order valence-corrected chi connectivity index (χ4v) is 1.38. The molecule has 0 atom stereocenters. The third-order valence-electron chi connectivity index (χ3n) is 2.28. The first-order valence-electron chi connectivity index (χ1n) is 5.29. The Hall–Kier alpha value is -1.91. The van der Waals surface area contributed by atoms with Crippen molar-refractivity contribution in [2.75, 3.05) is 21.3 Å². The second-order valence-electron chi connectivity index (χ2n) is 3.34. The summed E-state index contributed by atoms with van der Waals surface area (Å²) in [6.07, 6.45) is 0.691. The summed E-state index contributed by atoms with van der Waals surface area (Å²) >= 11 is 0. The van der Waals surface area contributed by atoms with Crippen molar-refractivity contribution in [3.05, 3.63) is 12.1 Å². The molecule has 0 spiro atoms. The molecule has 0 saturated heterocycles. The zero-order valence-corrected chi connectivity index (χ0v) is 10.6. The van der Waals surface area contributed by atoms with Crippen LogP contribution in [-0.4, -0.2) is 27.2 Å². The first-order chi connectivity index (χ1) is 8.15. The third kappa shape index (κ3) is 3.03. The quantitative estimate of drug-likeness (QED) is 0.630. The highest BCUT2D eigenvalue weighted by atomic mass is 16.5. The molecule has 5 heteroatoms. The van der Waals surface area contributed by atoms with E-state index < -0.39 is 0 Å². The molecule has 5 nitrogen and oxygen atoms in total. The van der Waals surface area contributed by atoms with Crippen LogP contribution < -0.4 is 19.9 Å². The van der Waals surface area contributed by atoms with Gasteiger partial charge in [0.05, 0.1) is 32.9 Å². The van der Waals surface area contributed by atoms with E-state index in [4.69, 9.17) is 19.9 Å². The Bertz CT molecular complexity index is 391. The van der Waals surface area contributed by atoms with E-state index in [1.165, 1.54) is 0 Å². The molecule has 2 N–H and O–H groups in total. The summed E-state index contributed by atoms with van der Waals surface area (Å²) in [5, 5.41) is 0. The molecule has 17 heavy (non-hydrogen) atoms. The monoisotopic (exact) mass is 238 g/mol. The van der Waals surface area contributed by atoms with E-state index in [1.54, 1.807) is 33.5 Å². The first-order valence-corrected chi connectivity index (χ1v) is 5.29. The Morgan fingerprint density at radius 2 is 1.65 bits per heavy atom. The van der Waals surface area contributed by atoms with Crippen molar-refractivity contribution in [3.8, 4) is 17.2 Å². The van der Waals surface area contributed by atoms with Gasteiger partial charge in [0.25, 0.3) is 0 Å². The lowest BCUT2D eigenvalue weighted by molar-refractivity contribution is 0.324. The zero-order valence-electron chi connectivity index (χ0n) is 10.6. The van der Waals surface area contributed by atoms with Crippen LogP contribution >= 0.6 is 0 Å². The Morgan fingerprint density at radius 1 is 1.12 bits per heavy atom. The van der Waals surface area contributed by atoms with Gasteiger partial charge in [-0.3, -0.25) is 0 Å². The highest BCUT2D eigenvalue weighted by Gasteiger charge is 2.12. The molecular weight excluding hydrogens is 220 g/mol. The molecule has 0 aliphatic rings. The summed E-state index contributed by atoms with van der Waals surface area (Å²) in [6, 6.07) is 3.51. The van der Waals surface area contributed by atoms with E-state index in [0.29, 0.717) is 35.2 Å². The van der Waals surface area contributed by atoms with Gasteiger partial charge in [0, 0.05) is 18.6 Å². The molecule has 94 valence electrons. The van der Waals surface area contributed by atoms with Crippen LogP contribution in [0.4, 0.5) is 5.69 Å². The van der Waals surface area contributed by atoms with Crippen molar-refractivity contribution >= 4 is 11.5 Å². The number of nitrogens with zero attached hydrogens (tertiary/aromatic N) is 1. The predicted octanol–water partition coefficient (Wildman–Crippen LogP) is 2.11. The van der Waals surface area contributed by atoms with Gasteiger partial charge in [-0.1, -0.05) is 6.92 Å². The molecule has 0 aromatic heterocycles. The summed E-state index contributed by atoms with van der Waals surface area (Å²) in [5.74, 6) is 2.23. The number of amidine groups is 1. The van der Waals surface area contributed by atoms with Crippen LogP contribution in [0.2, 0.25) is 0 Å². The molecule has 0 radical (unpaired) electrons. The summed E-state index contributed by atoms with van der Waals surface area (Å²) in [5.41, 5.74) is 6.38. The van der Waals surface area contributed by atoms with Crippen molar-refractivity contribution in [2.24, 2.45) is 10.7 Å². The van der Waals surface area contributed by atoms with Crippen LogP contribution in [0.5, 0.6) is 17.2 Å². The van der Waals surface area contributed by atoms with E-state index >= 15 is 0 Å². The van der Waals surface area contributed by atoms with Gasteiger partial charge in [0.15, 0.2) is 11.5 Å². The predicted molar refractivity (Wildman–Crippen MR) is 67.7 cm³/mol. The second-order valence-corrected chi connectivity index (χ2v) is 3.34. The molecule has 0 saturated carbocycles. The Morgan fingerprint density at radius 3 is 2.00 bits per heavy atom. The fourth-order valence-electron chi connectivity index (χ4n) is 1.38. The van der Waals surface area contributed by atoms with Gasteiger partial charge in [-0.15, -0.1) is 0 Å². The molecular formula is C12H18N2O3. The molecule has 0 amide bonds. The minimum atomic E-state index is 0.545. The second kappa shape index (κ2) is 5.98. The van der Waals surface area contributed by atoms with Crippen LogP contribution in [0.1, 0.15) is 13.3 Å². The molecule has 1 aromatic carbocycles. The number of hydrogen-bond donors (Lipinski definition) is 1. The first kappa shape index (κ1) is 13.2. The summed E-state index contributed by atoms with van der Waals surface area (Å²) in [6.45, 7) is 1.94. The van der Waals surface area contributed by atoms with Crippen LogP contribution in [0.25, 0.3) is 0 Å². The average molecular weight is 238 g/mol. The number of rotatable bonds is 5. The standard InChI is InChI=1S/C12H18N2O3/c1-5-11(13)14-8-6-9(15-2)12(17-4)10(7-8)16-3/h6-7H,5H2,1-4H3,(H2,13,14). The van der Waals surface area contributed by atoms with Gasteiger partial charge in [0.1, 0.15) is 0 Å². The maximum absolute atomic E-state index is 5.70. The van der Waals surface area contributed by atoms with Crippen LogP contribution in [0.3, 0.4) is 0 Å². The zero-order chi connectivity index (χ0) is 12.8. The van der Waals surface area contributed by atoms with E-state index in [0.717, 1.165) is 0 Å². The van der Waals surface area contributed by atoms with E-state index in [-0.39, 0.29) is 0 Å². The van der Waals surface area contributed by atoms with Crippen molar-refractivity contribution in [1.29, 1.82) is 0 Å². The minimum Gasteiger partial charge on any atom is -0.493 e. The SMILES string of the molecule is CCC(N)=Nc1cc(OC)c(OC)c(OC)c1. The molecule has 0 unspecified atom stereocenters. The summed E-state index contributed by atoms with van der Waals surface area (Å²) in [7, 11) is 4.69. The summed E-state index contributed by atoms with van der Waals surface area (Å²) in [4.78, 5) is 4.25. The van der Waals surface area contributed by atoms with Crippen LogP contribution in [0, 0.1) is 0 Å². The average Bonchev–Trinajstić information content (AvgIpc) is 2.37. The Labute approximate surface area is 101 Å². The molecule has 0 aliphatic heterocycles. The lowest BCUT2D eigenvalue weighted by Crippen LogP contribution is -2.08. The topological polar surface area (TPSA) is 66.1 Å². The number of aliphatic imine (C=N–C) groups is 1. The lowest BCUT2D eigenvalue weighted by atomic mass is 10.2. The van der Waals surface area contributed by atoms with Gasteiger partial charge in [-0.25, -0.2) is 4.99 Å². The molecule has 1 aromatic rings. The smallest absolute Gasteiger partial charge is 0.203 e. The maximum atomic E-state index is 5.70. The highest BCUT2D eigenvalue weighted by molar-refractivity contribution is 5.83. The van der Waals surface area contributed by atoms with Crippen LogP contribution in [0.15, 0.2) is 17.1 Å². The summed E-state index contributed by atoms with van der Waals surface area (Å²) < 4.78 is 15.7. The maximum Gasteiger partial charge on any atom is 0.203 e. The van der Waals surface area contributed by atoms with Gasteiger partial charge in [0.2, 0.25) is 5.75 Å². The largest absolute Gasteiger partial charge is 0.493 e. The minimum absolute atomic E-state index is 0.545. The van der Waals surface area contributed by atoms with Gasteiger partial charge >= 0.3 is 0 Å². The number of methoxy groups -OCH3 is 3. The van der Waals surface area contributed by atoms with Gasteiger partial charge in [-0.2, -0.15) is 0 Å². The highest BCUT2D eigenvalue weighted by Crippen LogP contribution is 2.40. The van der Waals surface area contributed by atoms with E-state index in [9.17, 15) is 0 Å². The number of nitrogens with two attached hydrogens (primary N) is 1. The van der Waals surface area contributed by atoms with Crippen molar-refractivity contribution in [2.45, 2.75) is 13.3 Å². The number of benzene rings is 1. The molecule has 0 fully saturated rings. The molecule has 0 heterocycles. The Balaban J connectivity index is 3.27. The van der Waals surface area contributed by atoms with Gasteiger partial charge in [-0.05, 0) is 0 Å². The lowest BCUT2D eigenvalue weighted by Gasteiger charge is -2.12. The van der Waals surface area contributed by atoms with Crippen LogP contribution in [-0.2, 0) is 0 Å². The molecule has 0 bridgehead atoms. The molecule has 1 rings (SSSR count). The van der Waals surface area contributed by atoms with Crippen molar-refractivity contribution < 1.29 is 14.2 Å².